The van der Waals surface area contributed by atoms with Gasteiger partial charge in [0.1, 0.15) is 0 Å². The van der Waals surface area contributed by atoms with Crippen LogP contribution in [0.25, 0.3) is 0 Å². The van der Waals surface area contributed by atoms with Gasteiger partial charge in [-0.2, -0.15) is 13.2 Å². The molecule has 0 atom stereocenters. The monoisotopic (exact) mass is 359 g/mol. The van der Waals surface area contributed by atoms with Crippen LogP contribution in [0.2, 0.25) is 0 Å². The Morgan fingerprint density at radius 2 is 1.95 bits per heavy atom. The van der Waals surface area contributed by atoms with E-state index in [2.05, 4.69) is 20.7 Å². The summed E-state index contributed by atoms with van der Waals surface area (Å²) in [6, 6.07) is 2.45. The van der Waals surface area contributed by atoms with Crippen LogP contribution in [0.5, 0.6) is 0 Å². The SMILES string of the molecule is CCCCNS(=O)(=O)c1ccc(C(F)(F)F)cc1Br. The lowest BCUT2D eigenvalue weighted by molar-refractivity contribution is -0.137. The van der Waals surface area contributed by atoms with Crippen molar-refractivity contribution < 1.29 is 21.6 Å². The highest BCUT2D eigenvalue weighted by atomic mass is 79.9. The average Bonchev–Trinajstić information content (AvgIpc) is 2.27. The lowest BCUT2D eigenvalue weighted by Gasteiger charge is -2.11. The minimum Gasteiger partial charge on any atom is -0.211 e. The fraction of sp³-hybridized carbons (Fsp3) is 0.455. The fourth-order valence-electron chi connectivity index (χ4n) is 1.36. The first-order valence-electron chi connectivity index (χ1n) is 5.55. The predicted octanol–water partition coefficient (Wildman–Crippen LogP) is 3.55. The first kappa shape index (κ1) is 16.5. The van der Waals surface area contributed by atoms with Crippen molar-refractivity contribution in [1.29, 1.82) is 0 Å². The molecule has 1 rings (SSSR count). The Kier molecular flexibility index (Phi) is 5.40. The summed E-state index contributed by atoms with van der Waals surface area (Å²) in [6.07, 6.45) is -3.02. The molecule has 0 fully saturated rings. The van der Waals surface area contributed by atoms with E-state index in [9.17, 15) is 21.6 Å². The standard InChI is InChI=1S/C11H13BrF3NO2S/c1-2-3-6-16-19(17,18)10-5-4-8(7-9(10)12)11(13,14)15/h4-5,7,16H,2-3,6H2,1H3. The van der Waals surface area contributed by atoms with E-state index in [4.69, 9.17) is 0 Å². The van der Waals surface area contributed by atoms with E-state index in [0.29, 0.717) is 6.42 Å². The number of unbranched alkanes of at least 4 members (excludes halogenated alkanes) is 1. The van der Waals surface area contributed by atoms with Crippen molar-refractivity contribution >= 4 is 26.0 Å². The van der Waals surface area contributed by atoms with E-state index in [0.717, 1.165) is 24.6 Å². The molecule has 0 heterocycles. The van der Waals surface area contributed by atoms with Crippen molar-refractivity contribution in [3.05, 3.63) is 28.2 Å². The first-order chi connectivity index (χ1) is 8.68. The number of benzene rings is 1. The third-order valence-electron chi connectivity index (χ3n) is 2.37. The summed E-state index contributed by atoms with van der Waals surface area (Å²) in [6.45, 7) is 2.16. The molecule has 1 aromatic rings. The maximum absolute atomic E-state index is 12.5. The van der Waals surface area contributed by atoms with Crippen LogP contribution in [-0.4, -0.2) is 15.0 Å². The molecule has 0 aliphatic heterocycles. The molecule has 0 saturated carbocycles. The zero-order valence-electron chi connectivity index (χ0n) is 10.1. The van der Waals surface area contributed by atoms with Gasteiger partial charge < -0.3 is 0 Å². The van der Waals surface area contributed by atoms with E-state index in [1.807, 2.05) is 6.92 Å². The second-order valence-electron chi connectivity index (χ2n) is 3.89. The normalized spacial score (nSPS) is 12.7. The smallest absolute Gasteiger partial charge is 0.211 e. The Bertz CT molecular complexity index is 543. The zero-order chi connectivity index (χ0) is 14.7. The van der Waals surface area contributed by atoms with Gasteiger partial charge in [0, 0.05) is 11.0 Å². The van der Waals surface area contributed by atoms with Crippen molar-refractivity contribution in [2.45, 2.75) is 30.8 Å². The maximum Gasteiger partial charge on any atom is 0.416 e. The van der Waals surface area contributed by atoms with E-state index in [1.165, 1.54) is 0 Å². The molecule has 8 heteroatoms. The van der Waals surface area contributed by atoms with Crippen LogP contribution in [0.3, 0.4) is 0 Å². The molecule has 19 heavy (non-hydrogen) atoms. The first-order valence-corrected chi connectivity index (χ1v) is 7.82. The van der Waals surface area contributed by atoms with Gasteiger partial charge in [-0.25, -0.2) is 13.1 Å². The van der Waals surface area contributed by atoms with Crippen LogP contribution in [-0.2, 0) is 16.2 Å². The van der Waals surface area contributed by atoms with Gasteiger partial charge in [0.15, 0.2) is 0 Å². The third-order valence-corrected chi connectivity index (χ3v) is 4.81. The lowest BCUT2D eigenvalue weighted by atomic mass is 10.2. The Labute approximate surface area is 118 Å². The molecule has 0 bridgehead atoms. The Hall–Kier alpha value is -0.600. The van der Waals surface area contributed by atoms with Crippen LogP contribution in [0.1, 0.15) is 25.3 Å². The minimum atomic E-state index is -4.50. The van der Waals surface area contributed by atoms with Gasteiger partial charge in [-0.3, -0.25) is 0 Å². The number of nitrogens with one attached hydrogen (secondary N) is 1. The average molecular weight is 360 g/mol. The molecule has 1 aromatic carbocycles. The molecule has 0 aliphatic rings. The number of hydrogen-bond acceptors (Lipinski definition) is 2. The third kappa shape index (κ3) is 4.47. The molecule has 0 saturated heterocycles. The highest BCUT2D eigenvalue weighted by Crippen LogP contribution is 2.33. The highest BCUT2D eigenvalue weighted by Gasteiger charge is 2.31. The van der Waals surface area contributed by atoms with Crippen LogP contribution in [0.4, 0.5) is 13.2 Å². The second-order valence-corrected chi connectivity index (χ2v) is 6.48. The van der Waals surface area contributed by atoms with Crippen LogP contribution >= 0.6 is 15.9 Å². The van der Waals surface area contributed by atoms with E-state index >= 15 is 0 Å². The molecule has 0 spiro atoms. The number of sulfonamides is 1. The van der Waals surface area contributed by atoms with Gasteiger partial charge in [0.2, 0.25) is 10.0 Å². The van der Waals surface area contributed by atoms with Crippen molar-refractivity contribution in [3.8, 4) is 0 Å². The quantitative estimate of drug-likeness (QED) is 0.817. The molecule has 0 aromatic heterocycles. The summed E-state index contributed by atoms with van der Waals surface area (Å²) < 4.78 is 63.3. The number of hydrogen-bond donors (Lipinski definition) is 1. The van der Waals surface area contributed by atoms with E-state index < -0.39 is 21.8 Å². The molecule has 0 unspecified atom stereocenters. The number of rotatable bonds is 5. The van der Waals surface area contributed by atoms with E-state index in [1.54, 1.807) is 0 Å². The Morgan fingerprint density at radius 1 is 1.32 bits per heavy atom. The summed E-state index contributed by atoms with van der Waals surface area (Å²) in [5.74, 6) is 0. The van der Waals surface area contributed by atoms with Crippen LogP contribution in [0.15, 0.2) is 27.6 Å². The minimum absolute atomic E-state index is 0.105. The lowest BCUT2D eigenvalue weighted by Crippen LogP contribution is -2.25. The zero-order valence-corrected chi connectivity index (χ0v) is 12.5. The number of halogens is 4. The second kappa shape index (κ2) is 6.23. The summed E-state index contributed by atoms with van der Waals surface area (Å²) in [4.78, 5) is -0.198. The molecule has 3 nitrogen and oxygen atoms in total. The molecule has 0 aliphatic carbocycles. The molecular formula is C11H13BrF3NO2S. The van der Waals surface area contributed by atoms with Gasteiger partial charge in [0.25, 0.3) is 0 Å². The molecule has 108 valence electrons. The van der Waals surface area contributed by atoms with E-state index in [-0.39, 0.29) is 15.9 Å². The fourth-order valence-corrected chi connectivity index (χ4v) is 3.51. The molecule has 0 radical (unpaired) electrons. The van der Waals surface area contributed by atoms with Crippen molar-refractivity contribution in [1.82, 2.24) is 4.72 Å². The Morgan fingerprint density at radius 3 is 2.42 bits per heavy atom. The summed E-state index contributed by atoms with van der Waals surface area (Å²) in [5.41, 5.74) is -0.896. The Balaban J connectivity index is 3.03. The van der Waals surface area contributed by atoms with Crippen molar-refractivity contribution in [2.24, 2.45) is 0 Å². The highest BCUT2D eigenvalue weighted by molar-refractivity contribution is 9.10. The topological polar surface area (TPSA) is 46.2 Å². The molecular weight excluding hydrogens is 347 g/mol. The maximum atomic E-state index is 12.5. The van der Waals surface area contributed by atoms with Crippen LogP contribution in [0, 0.1) is 0 Å². The largest absolute Gasteiger partial charge is 0.416 e. The van der Waals surface area contributed by atoms with Gasteiger partial charge in [-0.15, -0.1) is 0 Å². The van der Waals surface area contributed by atoms with Gasteiger partial charge in [-0.1, -0.05) is 13.3 Å². The molecule has 0 amide bonds. The molecule has 1 N–H and O–H groups in total. The summed E-state index contributed by atoms with van der Waals surface area (Å²) in [7, 11) is -3.79. The van der Waals surface area contributed by atoms with Crippen LogP contribution < -0.4 is 4.72 Å². The van der Waals surface area contributed by atoms with Gasteiger partial charge >= 0.3 is 6.18 Å². The summed E-state index contributed by atoms with van der Waals surface area (Å²) >= 11 is 2.87. The number of alkyl halides is 3. The summed E-state index contributed by atoms with van der Waals surface area (Å²) in [5, 5.41) is 0. The van der Waals surface area contributed by atoms with Gasteiger partial charge in [-0.05, 0) is 40.5 Å². The van der Waals surface area contributed by atoms with Crippen molar-refractivity contribution in [3.63, 3.8) is 0 Å². The van der Waals surface area contributed by atoms with Crippen molar-refractivity contribution in [2.75, 3.05) is 6.54 Å². The van der Waals surface area contributed by atoms with Gasteiger partial charge in [0.05, 0.1) is 10.5 Å². The predicted molar refractivity (Wildman–Crippen MR) is 69.2 cm³/mol.